The molecule has 0 saturated heterocycles. The fraction of sp³-hybridized carbons (Fsp3) is 0.500. The van der Waals surface area contributed by atoms with E-state index in [2.05, 4.69) is 15.0 Å². The predicted molar refractivity (Wildman–Crippen MR) is 78.1 cm³/mol. The van der Waals surface area contributed by atoms with Gasteiger partial charge >= 0.3 is 0 Å². The first kappa shape index (κ1) is 14.1. The third kappa shape index (κ3) is 1.83. The van der Waals surface area contributed by atoms with Crippen molar-refractivity contribution >= 4 is 22.8 Å². The molecular weight excluding hydrogens is 308 g/mol. The number of aromatic nitrogens is 4. The first-order valence-corrected chi connectivity index (χ1v) is 7.51. The minimum atomic E-state index is -1.00. The highest BCUT2D eigenvalue weighted by Crippen LogP contribution is 2.47. The second-order valence-corrected chi connectivity index (χ2v) is 6.21. The van der Waals surface area contributed by atoms with Crippen LogP contribution in [0.2, 0.25) is 5.15 Å². The molecule has 3 N–H and O–H groups in total. The summed E-state index contributed by atoms with van der Waals surface area (Å²) in [5, 5.41) is 31.2. The van der Waals surface area contributed by atoms with Gasteiger partial charge in [0.25, 0.3) is 0 Å². The summed E-state index contributed by atoms with van der Waals surface area (Å²) in [6, 6.07) is -0.421. The van der Waals surface area contributed by atoms with Crippen LogP contribution in [-0.4, -0.2) is 53.2 Å². The molecule has 4 unspecified atom stereocenters. The Balaban J connectivity index is 1.84. The van der Waals surface area contributed by atoms with Gasteiger partial charge in [0, 0.05) is 5.92 Å². The van der Waals surface area contributed by atoms with Crippen molar-refractivity contribution in [2.24, 2.45) is 11.8 Å². The fourth-order valence-corrected chi connectivity index (χ4v) is 4.01. The largest absolute Gasteiger partial charge is 0.390 e. The number of nitrogens with zero attached hydrogens (tertiary/aromatic N) is 4. The Labute approximate surface area is 130 Å². The molecule has 0 amide bonds. The number of aliphatic hydroxyl groups excluding tert-OH is 3. The Morgan fingerprint density at radius 1 is 1.14 bits per heavy atom. The summed E-state index contributed by atoms with van der Waals surface area (Å²) in [7, 11) is 0. The first-order chi connectivity index (χ1) is 10.6. The Kier molecular flexibility index (Phi) is 3.19. The molecule has 4 rings (SSSR count). The van der Waals surface area contributed by atoms with Gasteiger partial charge < -0.3 is 19.9 Å². The van der Waals surface area contributed by atoms with Crippen molar-refractivity contribution in [1.82, 2.24) is 19.5 Å². The number of fused-ring (bicyclic) bond motifs is 2. The third-order valence-electron chi connectivity index (χ3n) is 4.80. The van der Waals surface area contributed by atoms with Gasteiger partial charge in [-0.25, -0.2) is 15.0 Å². The van der Waals surface area contributed by atoms with E-state index in [-0.39, 0.29) is 11.1 Å². The molecule has 22 heavy (non-hydrogen) atoms. The molecule has 0 aromatic carbocycles. The summed E-state index contributed by atoms with van der Waals surface area (Å²) < 4.78 is 1.73. The van der Waals surface area contributed by atoms with Gasteiger partial charge in [-0.1, -0.05) is 23.8 Å². The molecule has 0 radical (unpaired) electrons. The maximum Gasteiger partial charge on any atom is 0.165 e. The SMILES string of the molecule is OC1C=CCC2C1C(O)[C@@H](O)[C@@H]2n1cnc2c(Cl)ncnc21. The molecule has 1 fully saturated rings. The molecule has 116 valence electrons. The maximum absolute atomic E-state index is 10.5. The van der Waals surface area contributed by atoms with E-state index in [0.717, 1.165) is 0 Å². The zero-order valence-electron chi connectivity index (χ0n) is 11.5. The Morgan fingerprint density at radius 2 is 1.95 bits per heavy atom. The standard InChI is InChI=1S/C14H15ClN4O3/c15-13-9-14(17-4-16-13)19(5-18-9)10-6-2-1-3-7(20)8(6)11(21)12(10)22/h1,3-8,10-12,20-22H,2H2/t6?,7?,8?,10-,11?,12+/m1/s1. The van der Waals surface area contributed by atoms with Crippen molar-refractivity contribution in [3.8, 4) is 0 Å². The normalized spacial score (nSPS) is 37.6. The van der Waals surface area contributed by atoms with Crippen molar-refractivity contribution in [2.75, 3.05) is 0 Å². The minimum absolute atomic E-state index is 0.101. The van der Waals surface area contributed by atoms with Crippen molar-refractivity contribution < 1.29 is 15.3 Å². The average Bonchev–Trinajstić information content (AvgIpc) is 3.02. The van der Waals surface area contributed by atoms with E-state index in [0.29, 0.717) is 17.6 Å². The Morgan fingerprint density at radius 3 is 2.77 bits per heavy atom. The second-order valence-electron chi connectivity index (χ2n) is 5.86. The summed E-state index contributed by atoms with van der Waals surface area (Å²) in [6.45, 7) is 0. The van der Waals surface area contributed by atoms with Gasteiger partial charge in [0.2, 0.25) is 0 Å². The van der Waals surface area contributed by atoms with Crippen LogP contribution in [-0.2, 0) is 0 Å². The highest BCUT2D eigenvalue weighted by Gasteiger charge is 2.53. The number of hydrogen-bond acceptors (Lipinski definition) is 6. The molecule has 0 aliphatic heterocycles. The molecule has 7 nitrogen and oxygen atoms in total. The number of halogens is 1. The minimum Gasteiger partial charge on any atom is -0.390 e. The summed E-state index contributed by atoms with van der Waals surface area (Å²) in [6.07, 6.45) is 4.35. The number of rotatable bonds is 1. The number of hydrogen-bond donors (Lipinski definition) is 3. The van der Waals surface area contributed by atoms with Crippen molar-refractivity contribution in [1.29, 1.82) is 0 Å². The summed E-state index contributed by atoms with van der Waals surface area (Å²) in [4.78, 5) is 12.3. The Hall–Kier alpha value is -1.54. The lowest BCUT2D eigenvalue weighted by atomic mass is 9.81. The maximum atomic E-state index is 10.5. The van der Waals surface area contributed by atoms with Gasteiger partial charge in [-0.3, -0.25) is 0 Å². The zero-order valence-corrected chi connectivity index (χ0v) is 12.2. The average molecular weight is 323 g/mol. The van der Waals surface area contributed by atoms with Crippen molar-refractivity contribution in [3.63, 3.8) is 0 Å². The quantitative estimate of drug-likeness (QED) is 0.515. The third-order valence-corrected chi connectivity index (χ3v) is 5.08. The molecule has 2 heterocycles. The van der Waals surface area contributed by atoms with Crippen LogP contribution in [0, 0.1) is 11.8 Å². The first-order valence-electron chi connectivity index (χ1n) is 7.13. The fourth-order valence-electron chi connectivity index (χ4n) is 3.83. The van der Waals surface area contributed by atoms with E-state index in [1.807, 2.05) is 6.08 Å². The van der Waals surface area contributed by atoms with E-state index >= 15 is 0 Å². The molecule has 0 spiro atoms. The molecule has 2 aromatic heterocycles. The van der Waals surface area contributed by atoms with Crippen LogP contribution < -0.4 is 0 Å². The van der Waals surface area contributed by atoms with E-state index in [1.165, 1.54) is 6.33 Å². The summed E-state index contributed by atoms with van der Waals surface area (Å²) in [5.41, 5.74) is 0.974. The molecule has 1 saturated carbocycles. The van der Waals surface area contributed by atoms with Crippen LogP contribution in [0.15, 0.2) is 24.8 Å². The van der Waals surface area contributed by atoms with Crippen LogP contribution in [0.4, 0.5) is 0 Å². The van der Waals surface area contributed by atoms with E-state index < -0.39 is 30.3 Å². The van der Waals surface area contributed by atoms with E-state index in [9.17, 15) is 15.3 Å². The van der Waals surface area contributed by atoms with Gasteiger partial charge in [0.05, 0.1) is 24.6 Å². The van der Waals surface area contributed by atoms with Gasteiger partial charge in [-0.05, 0) is 12.3 Å². The van der Waals surface area contributed by atoms with Crippen LogP contribution in [0.3, 0.4) is 0 Å². The van der Waals surface area contributed by atoms with Crippen molar-refractivity contribution in [2.45, 2.75) is 30.8 Å². The topological polar surface area (TPSA) is 104 Å². The van der Waals surface area contributed by atoms with Crippen LogP contribution in [0.25, 0.3) is 11.2 Å². The summed E-state index contributed by atoms with van der Waals surface area (Å²) in [5.74, 6) is -0.504. The second kappa shape index (κ2) is 4.99. The number of aliphatic hydroxyl groups is 3. The van der Waals surface area contributed by atoms with Gasteiger partial charge in [-0.15, -0.1) is 0 Å². The van der Waals surface area contributed by atoms with Gasteiger partial charge in [0.15, 0.2) is 10.8 Å². The number of allylic oxidation sites excluding steroid dienone is 1. The van der Waals surface area contributed by atoms with Gasteiger partial charge in [0.1, 0.15) is 17.9 Å². The van der Waals surface area contributed by atoms with Crippen LogP contribution >= 0.6 is 11.6 Å². The molecule has 6 atom stereocenters. The lowest BCUT2D eigenvalue weighted by molar-refractivity contribution is -0.0192. The Bertz CT molecular complexity index is 749. The molecule has 0 bridgehead atoms. The lowest BCUT2D eigenvalue weighted by Gasteiger charge is -2.30. The summed E-state index contributed by atoms with van der Waals surface area (Å²) >= 11 is 6.01. The predicted octanol–water partition coefficient (Wildman–Crippen LogP) is 0.309. The lowest BCUT2D eigenvalue weighted by Crippen LogP contribution is -2.35. The molecule has 8 heteroatoms. The van der Waals surface area contributed by atoms with Gasteiger partial charge in [-0.2, -0.15) is 0 Å². The molecule has 2 aliphatic rings. The van der Waals surface area contributed by atoms with E-state index in [1.54, 1.807) is 17.0 Å². The smallest absolute Gasteiger partial charge is 0.165 e. The highest BCUT2D eigenvalue weighted by molar-refractivity contribution is 6.33. The molecule has 2 aliphatic carbocycles. The molecule has 2 aromatic rings. The van der Waals surface area contributed by atoms with Crippen LogP contribution in [0.1, 0.15) is 12.5 Å². The van der Waals surface area contributed by atoms with E-state index in [4.69, 9.17) is 11.6 Å². The zero-order chi connectivity index (χ0) is 15.4. The van der Waals surface area contributed by atoms with Crippen LogP contribution in [0.5, 0.6) is 0 Å². The highest BCUT2D eigenvalue weighted by atomic mass is 35.5. The monoisotopic (exact) mass is 322 g/mol. The molecular formula is C14H15ClN4O3. The number of imidazole rings is 1. The van der Waals surface area contributed by atoms with Crippen molar-refractivity contribution in [3.05, 3.63) is 30.0 Å².